The van der Waals surface area contributed by atoms with Crippen molar-refractivity contribution in [1.82, 2.24) is 23.7 Å². The van der Waals surface area contributed by atoms with Crippen LogP contribution in [0.1, 0.15) is 134 Å². The number of nitrogens with zero attached hydrogens (tertiary/aromatic N) is 4. The molecule has 8 aromatic rings. The van der Waals surface area contributed by atoms with E-state index in [9.17, 15) is 41.1 Å². The molecule has 2 saturated carbocycles. The van der Waals surface area contributed by atoms with Crippen LogP contribution >= 0.6 is 0 Å². The maximum atomic E-state index is 13.9. The van der Waals surface area contributed by atoms with Gasteiger partial charge in [-0.2, -0.15) is 0 Å². The molecule has 6 heterocycles. The highest BCUT2D eigenvalue weighted by Gasteiger charge is 2.43. The molecule has 2 saturated heterocycles. The molecule has 114 heavy (non-hydrogen) atoms. The highest BCUT2D eigenvalue weighted by Crippen LogP contribution is 2.49. The lowest BCUT2D eigenvalue weighted by Crippen LogP contribution is -2.79. The number of carboxylic acid groups (broad SMARTS) is 1. The lowest BCUT2D eigenvalue weighted by Gasteiger charge is -2.41. The van der Waals surface area contributed by atoms with Gasteiger partial charge in [-0.05, 0) is 145 Å². The summed E-state index contributed by atoms with van der Waals surface area (Å²) in [5, 5.41) is 16.8. The summed E-state index contributed by atoms with van der Waals surface area (Å²) in [6.45, 7) is 5.15. The minimum Gasteiger partial charge on any atom is -0.497 e. The van der Waals surface area contributed by atoms with E-state index >= 15 is 0 Å². The van der Waals surface area contributed by atoms with Gasteiger partial charge in [-0.15, -0.1) is 0 Å². The normalized spacial score (nSPS) is 15.3. The van der Waals surface area contributed by atoms with E-state index in [2.05, 4.69) is 44.2 Å². The first-order chi connectivity index (χ1) is 53.6. The summed E-state index contributed by atoms with van der Waals surface area (Å²) < 4.78 is 75.4. The Bertz CT molecular complexity index is 4970. The average Bonchev–Trinajstić information content (AvgIpc) is 1.58. The molecule has 0 bridgehead atoms. The van der Waals surface area contributed by atoms with Crippen LogP contribution in [0.15, 0.2) is 154 Å². The second-order valence-corrected chi connectivity index (χ2v) is 32.3. The Balaban J connectivity index is 0.000000193. The molecule has 2 aliphatic carbocycles. The number of methoxy groups -OCH3 is 2. The zero-order valence-electron chi connectivity index (χ0n) is 63.2. The molecule has 4 fully saturated rings. The van der Waals surface area contributed by atoms with Crippen LogP contribution in [0.5, 0.6) is 11.5 Å². The number of ether oxygens (including phenoxy) is 4. The summed E-state index contributed by atoms with van der Waals surface area (Å²) in [5.74, 6) is 0.244. The number of aromatic carboxylic acids is 1. The maximum absolute atomic E-state index is 13.9. The molecule has 6 aliphatic rings. The van der Waals surface area contributed by atoms with Gasteiger partial charge in [0.25, 0.3) is 27.7 Å². The predicted molar refractivity (Wildman–Crippen MR) is 479 cm³/mol. The number of carbonyl (C=O) groups excluding carboxylic acids is 3. The molecule has 14 rings (SSSR count). The molecule has 0 unspecified atom stereocenters. The SMILES string of the molecule is C.C.COc1ccc(S(=O)(=O)NC(=O)c2ccc3c(C4CCCCC4)c4n(c3c2)CC(C(=O)N2CCOCC2)=Cc2ccccc2-4)cc1.COc1ccc(S(N)(=O)=O)cc1.O=C(O)c1ccc2c(C3CCCCC3)c3n(c2c1)CC(C(=O)N1CCOCC1)=Cc1ccccc1-3.[B][B]B([B])B(B(B([B])[B])B([B])[B])B(B([B])[B])B([B])[B]. The predicted octanol–water partition coefficient (Wildman–Crippen LogP) is 5.43. The van der Waals surface area contributed by atoms with Crippen LogP contribution in [0.2, 0.25) is 0 Å². The summed E-state index contributed by atoms with van der Waals surface area (Å²) in [7, 11) is 53.7. The van der Waals surface area contributed by atoms with Gasteiger partial charge in [-0.25, -0.2) is 31.5 Å². The van der Waals surface area contributed by atoms with E-state index in [1.165, 1.54) is 94.5 Å². The first kappa shape index (κ1) is 90.3. The van der Waals surface area contributed by atoms with Crippen LogP contribution in [-0.4, -0.2) is 267 Å². The summed E-state index contributed by atoms with van der Waals surface area (Å²) >= 11 is 0. The third kappa shape index (κ3) is 20.8. The third-order valence-electron chi connectivity index (χ3n) is 22.0. The number of primary sulfonamides is 1. The second kappa shape index (κ2) is 40.5. The monoisotopic (exact) mass is 1540 g/mol. The molecule has 557 valence electrons. The van der Waals surface area contributed by atoms with Crippen molar-refractivity contribution in [3.8, 4) is 34.0 Å². The van der Waals surface area contributed by atoms with Gasteiger partial charge in [0.2, 0.25) is 10.0 Å². The molecule has 4 N–H and O–H groups in total. The quantitative estimate of drug-likeness (QED) is 0.0857. The second-order valence-electron chi connectivity index (χ2n) is 29.1. The van der Waals surface area contributed by atoms with Gasteiger partial charge >= 0.3 is 5.97 Å². The van der Waals surface area contributed by atoms with Crippen molar-refractivity contribution in [2.24, 2.45) is 5.14 Å². The topological polar surface area (TPSA) is 248 Å². The van der Waals surface area contributed by atoms with Crippen molar-refractivity contribution >= 4 is 213 Å². The number of nitrogens with two attached hydrogens (primary N) is 1. The molecule has 21 radical (unpaired) electrons. The first-order valence-corrected chi connectivity index (χ1v) is 40.8. The van der Waals surface area contributed by atoms with E-state index in [0.717, 1.165) is 99.5 Å². The number of carbonyl (C=O) groups is 4. The van der Waals surface area contributed by atoms with E-state index in [1.807, 2.05) is 52.3 Å². The van der Waals surface area contributed by atoms with Crippen molar-refractivity contribution in [1.29, 1.82) is 0 Å². The Labute approximate surface area is 690 Å². The van der Waals surface area contributed by atoms with Crippen LogP contribution in [0.3, 0.4) is 0 Å². The Morgan fingerprint density at radius 2 is 0.895 bits per heavy atom. The summed E-state index contributed by atoms with van der Waals surface area (Å²) in [6, 6.07) is 39.2. The molecule has 19 nitrogen and oxygen atoms in total. The number of fused-ring (bicyclic) bond motifs is 10. The highest BCUT2D eigenvalue weighted by molar-refractivity contribution is 8.18. The van der Waals surface area contributed by atoms with Crippen LogP contribution in [0.4, 0.5) is 0 Å². The van der Waals surface area contributed by atoms with Crippen LogP contribution < -0.4 is 19.3 Å². The van der Waals surface area contributed by atoms with Gasteiger partial charge in [0, 0.05) is 211 Å². The number of aromatic nitrogens is 2. The number of nitrogens with one attached hydrogen (secondary N) is 1. The summed E-state index contributed by atoms with van der Waals surface area (Å²) in [5.41, 5.74) is 12.6. The number of carboxylic acids is 1. The van der Waals surface area contributed by atoms with Crippen molar-refractivity contribution < 1.29 is 60.1 Å². The maximum Gasteiger partial charge on any atom is 0.335 e. The van der Waals surface area contributed by atoms with Crippen molar-refractivity contribution in [3.05, 3.63) is 178 Å². The number of hydrogen-bond acceptors (Lipinski definition) is 12. The Kier molecular flexibility index (Phi) is 32.1. The molecule has 2 aromatic heterocycles. The Morgan fingerprint density at radius 3 is 1.26 bits per heavy atom. The largest absolute Gasteiger partial charge is 0.497 e. The van der Waals surface area contributed by atoms with Gasteiger partial charge in [-0.1, -0.05) is 114 Å². The van der Waals surface area contributed by atoms with Crippen LogP contribution in [0, 0.1) is 0 Å². The van der Waals surface area contributed by atoms with Crippen molar-refractivity contribution in [2.75, 3.05) is 66.8 Å². The number of amides is 3. The van der Waals surface area contributed by atoms with Gasteiger partial charge in [0.15, 0.2) is 0 Å². The molecule has 0 atom stereocenters. The smallest absolute Gasteiger partial charge is 0.335 e. The standard InChI is InChI=1S/C36H37N3O6S.C29H30N2O4.C7H9NO3S.2CH4.B19/c1-44-28-12-14-29(15-13-28)46(42,43)37-35(40)26-11-16-31-32(22-26)39-23-27(36(41)38-17-19-45-20-18-38)21-25-9-5-6-10-30(25)34(39)33(31)24-7-3-2-4-8-24;32-28(30-12-14-35-15-13-30)22-16-20-8-4-5-9-23(20)27-26(19-6-2-1-3-7-19)24-11-10-21(29(33)34)17-25(24)31(27)18-22;1-11-6-2-4-7(5-3-6)12(8,9)10;;;1-11-16(10)19(17(12(2)3)13(4)5)18(14(6)7)15(8)9/h5-6,9-16,21-22,24H,2-4,7-8,17-20,23H2,1H3,(H,37,40);4-5,8-11,16-17,19H,1-3,6-7,12-15,18H2,(H,33,34);2-5H,1H3,(H2,8,9,10);2*1H4;. The molecule has 3 amide bonds. The summed E-state index contributed by atoms with van der Waals surface area (Å²) in [4.78, 5) is 56.7. The van der Waals surface area contributed by atoms with Gasteiger partial charge in [0.05, 0.1) is 80.5 Å². The molecular weight excluding hydrogens is 1450 g/mol. The van der Waals surface area contributed by atoms with E-state index in [-0.39, 0.29) is 47.6 Å². The van der Waals surface area contributed by atoms with Crippen molar-refractivity contribution in [2.45, 2.75) is 114 Å². The number of hydrogen-bond donors (Lipinski definition) is 3. The van der Waals surface area contributed by atoms with Gasteiger partial charge in [-0.3, -0.25) is 14.4 Å². The fraction of sp³-hybridized carbons (Fsp3) is 0.351. The number of morpholine rings is 2. The van der Waals surface area contributed by atoms with Crippen LogP contribution in [-0.2, 0) is 52.2 Å². The molecule has 4 aliphatic heterocycles. The van der Waals surface area contributed by atoms with Gasteiger partial charge in [0.1, 0.15) is 11.5 Å². The number of sulfonamides is 2. The summed E-state index contributed by atoms with van der Waals surface area (Å²) in [6.07, 6.45) is 9.97. The number of benzene rings is 6. The fourth-order valence-corrected chi connectivity index (χ4v) is 17.9. The van der Waals surface area contributed by atoms with Gasteiger partial charge < -0.3 is 43.0 Å². The molecule has 6 aromatic carbocycles. The lowest BCUT2D eigenvalue weighted by molar-refractivity contribution is -0.131. The number of rotatable bonds is 19. The van der Waals surface area contributed by atoms with Crippen molar-refractivity contribution in [3.63, 3.8) is 0 Å². The minimum absolute atomic E-state index is 0. The average molecular weight is 1540 g/mol. The molecular formula is C74H84B19N6O13S2. The highest BCUT2D eigenvalue weighted by atomic mass is 32.2. The molecule has 40 heteroatoms. The van der Waals surface area contributed by atoms with Crippen LogP contribution in [0.25, 0.3) is 56.5 Å². The first-order valence-electron chi connectivity index (χ1n) is 37.8. The zero-order chi connectivity index (χ0) is 80.3. The van der Waals surface area contributed by atoms with E-state index < -0.39 is 83.0 Å². The zero-order valence-corrected chi connectivity index (χ0v) is 64.8. The van der Waals surface area contributed by atoms with E-state index in [1.54, 1.807) is 36.4 Å². The Morgan fingerprint density at radius 1 is 0.518 bits per heavy atom. The fourth-order valence-electron chi connectivity index (χ4n) is 16.4. The Hall–Kier alpha value is -7.63. The molecule has 0 spiro atoms. The van der Waals surface area contributed by atoms with E-state index in [4.69, 9.17) is 101 Å². The lowest BCUT2D eigenvalue weighted by atomic mass is 8.40. The third-order valence-corrected chi connectivity index (χ3v) is 24.2. The minimum atomic E-state index is -4.12. The van der Waals surface area contributed by atoms with E-state index in [0.29, 0.717) is 94.6 Å².